The number of rotatable bonds is 12. The van der Waals surface area contributed by atoms with E-state index in [1.54, 1.807) is 18.2 Å². The fraction of sp³-hybridized carbons (Fsp3) is 0.194. The number of carbonyl (C=O) groups excluding carboxylic acids is 6. The van der Waals surface area contributed by atoms with Crippen LogP contribution in [0.25, 0.3) is 0 Å². The van der Waals surface area contributed by atoms with Gasteiger partial charge in [0.2, 0.25) is 12.2 Å². The molecule has 0 saturated heterocycles. The topological polar surface area (TPSA) is 219 Å². The summed E-state index contributed by atoms with van der Waals surface area (Å²) in [6, 6.07) is 14.4. The molecule has 16 heteroatoms. The predicted molar refractivity (Wildman–Crippen MR) is 157 cm³/mol. The summed E-state index contributed by atoms with van der Waals surface area (Å²) in [5.74, 6) is -8.35. The maximum atomic E-state index is 13.2. The minimum absolute atomic E-state index is 0.0537. The van der Waals surface area contributed by atoms with E-state index in [1.165, 1.54) is 38.5 Å². The largest absolute Gasteiger partial charge is 0.493 e. The molecule has 47 heavy (non-hydrogen) atoms. The van der Waals surface area contributed by atoms with Crippen LogP contribution in [-0.2, 0) is 28.7 Å². The molecule has 16 nitrogen and oxygen atoms in total. The van der Waals surface area contributed by atoms with Crippen LogP contribution < -0.4 is 29.8 Å². The Balaban J connectivity index is 1.93. The van der Waals surface area contributed by atoms with Crippen molar-refractivity contribution in [3.63, 3.8) is 0 Å². The number of carboxylic acids is 1. The highest BCUT2D eigenvalue weighted by Crippen LogP contribution is 2.30. The van der Waals surface area contributed by atoms with Crippen molar-refractivity contribution in [1.82, 2.24) is 10.9 Å². The number of benzene rings is 3. The maximum absolute atomic E-state index is 13.2. The zero-order valence-electron chi connectivity index (χ0n) is 25.3. The van der Waals surface area contributed by atoms with Gasteiger partial charge in [0, 0.05) is 19.4 Å². The molecule has 0 saturated carbocycles. The normalized spacial score (nSPS) is 11.5. The first-order valence-corrected chi connectivity index (χ1v) is 13.4. The van der Waals surface area contributed by atoms with Crippen molar-refractivity contribution in [2.24, 2.45) is 0 Å². The minimum atomic E-state index is -2.47. The molecular weight excluding hydrogens is 624 g/mol. The molecule has 0 heterocycles. The number of hydrazine groups is 1. The molecule has 246 valence electrons. The van der Waals surface area contributed by atoms with E-state index >= 15 is 0 Å². The van der Waals surface area contributed by atoms with Gasteiger partial charge in [-0.25, -0.2) is 14.4 Å². The second-order valence-corrected chi connectivity index (χ2v) is 9.22. The van der Waals surface area contributed by atoms with Gasteiger partial charge in [-0.05, 0) is 48.5 Å². The van der Waals surface area contributed by atoms with Crippen LogP contribution in [0.4, 0.5) is 0 Å². The first-order chi connectivity index (χ1) is 22.3. The molecule has 0 fully saturated rings. The number of amides is 2. The maximum Gasteiger partial charge on any atom is 0.349 e. The van der Waals surface area contributed by atoms with Crippen molar-refractivity contribution < 1.29 is 67.1 Å². The second kappa shape index (κ2) is 16.0. The average Bonchev–Trinajstić information content (AvgIpc) is 3.04. The molecule has 2 amide bonds. The van der Waals surface area contributed by atoms with Crippen molar-refractivity contribution in [2.45, 2.75) is 26.1 Å². The van der Waals surface area contributed by atoms with E-state index in [0.717, 1.165) is 38.1 Å². The number of carboxylic acid groups (broad SMARTS) is 1. The number of carbonyl (C=O) groups is 7. The minimum Gasteiger partial charge on any atom is -0.493 e. The molecule has 0 unspecified atom stereocenters. The number of esters is 4. The molecular formula is C31H28N2O14. The first kappa shape index (κ1) is 35.0. The van der Waals surface area contributed by atoms with Gasteiger partial charge in [0.15, 0.2) is 23.0 Å². The SMILES string of the molecule is COc1cc(C(=O)O[C@@H](C(=O)O)[C@@H](OC(=O)c2ccc(OC(C)=O)c(OC)c2)C(=O)NNC(=O)c2ccccc2)ccc1OC(C)=O. The van der Waals surface area contributed by atoms with Crippen molar-refractivity contribution >= 4 is 41.7 Å². The van der Waals surface area contributed by atoms with Gasteiger partial charge in [0.1, 0.15) is 0 Å². The number of aliphatic carboxylic acids is 1. The zero-order valence-corrected chi connectivity index (χ0v) is 25.3. The molecule has 0 spiro atoms. The Morgan fingerprint density at radius 2 is 1.06 bits per heavy atom. The monoisotopic (exact) mass is 652 g/mol. The lowest BCUT2D eigenvalue weighted by Gasteiger charge is -2.24. The van der Waals surface area contributed by atoms with Crippen LogP contribution in [0, 0.1) is 0 Å². The van der Waals surface area contributed by atoms with Gasteiger partial charge >= 0.3 is 29.8 Å². The zero-order chi connectivity index (χ0) is 34.7. The lowest BCUT2D eigenvalue weighted by Crippen LogP contribution is -2.54. The summed E-state index contributed by atoms with van der Waals surface area (Å²) in [6.07, 6.45) is -4.86. The quantitative estimate of drug-likeness (QED) is 0.144. The van der Waals surface area contributed by atoms with Crippen LogP contribution >= 0.6 is 0 Å². The fourth-order valence-corrected chi connectivity index (χ4v) is 3.78. The van der Waals surface area contributed by atoms with Crippen molar-refractivity contribution in [2.75, 3.05) is 14.2 Å². The molecule has 3 aromatic carbocycles. The average molecular weight is 653 g/mol. The van der Waals surface area contributed by atoms with Crippen LogP contribution in [0.1, 0.15) is 44.9 Å². The Morgan fingerprint density at radius 1 is 0.596 bits per heavy atom. The Bertz CT molecular complexity index is 1690. The Hall–Kier alpha value is -6.45. The molecule has 2 atom stereocenters. The lowest BCUT2D eigenvalue weighted by atomic mass is 10.1. The van der Waals surface area contributed by atoms with Gasteiger partial charge in [0.05, 0.1) is 25.3 Å². The second-order valence-electron chi connectivity index (χ2n) is 9.22. The van der Waals surface area contributed by atoms with Crippen molar-refractivity contribution in [3.8, 4) is 23.0 Å². The van der Waals surface area contributed by atoms with Gasteiger partial charge in [-0.2, -0.15) is 0 Å². The van der Waals surface area contributed by atoms with Crippen LogP contribution in [0.5, 0.6) is 23.0 Å². The smallest absolute Gasteiger partial charge is 0.349 e. The Labute approximate surface area is 266 Å². The summed E-state index contributed by atoms with van der Waals surface area (Å²) >= 11 is 0. The third-order valence-corrected chi connectivity index (χ3v) is 5.89. The van der Waals surface area contributed by atoms with E-state index in [9.17, 15) is 38.7 Å². The van der Waals surface area contributed by atoms with Crippen LogP contribution in [0.3, 0.4) is 0 Å². The molecule has 0 radical (unpaired) electrons. The standard InChI is InChI=1S/C31H28N2O14/c1-16(34)44-21-12-10-19(14-23(21)42-3)30(40)46-25(28(37)33-32-27(36)18-8-6-5-7-9-18)26(29(38)39)47-31(41)20-11-13-22(45-17(2)35)24(15-20)43-4/h5-15,25-26H,1-4H3,(H,32,36)(H,33,37)(H,38,39)/t25-,26-/m1/s1. The fourth-order valence-electron chi connectivity index (χ4n) is 3.78. The van der Waals surface area contributed by atoms with Crippen LogP contribution in [0.15, 0.2) is 66.7 Å². The molecule has 0 bridgehead atoms. The molecule has 0 aliphatic carbocycles. The first-order valence-electron chi connectivity index (χ1n) is 13.4. The van der Waals surface area contributed by atoms with Gasteiger partial charge < -0.3 is 33.5 Å². The molecule has 3 N–H and O–H groups in total. The third kappa shape index (κ3) is 9.52. The Kier molecular flexibility index (Phi) is 11.9. The summed E-state index contributed by atoms with van der Waals surface area (Å²) in [4.78, 5) is 87.0. The molecule has 3 aromatic rings. The van der Waals surface area contributed by atoms with Crippen molar-refractivity contribution in [1.29, 1.82) is 0 Å². The molecule has 0 aliphatic heterocycles. The summed E-state index contributed by atoms with van der Waals surface area (Å²) in [5.41, 5.74) is 3.56. The van der Waals surface area contributed by atoms with E-state index in [2.05, 4.69) is 5.43 Å². The number of ether oxygens (including phenoxy) is 6. The highest BCUT2D eigenvalue weighted by Gasteiger charge is 2.41. The number of hydrogen-bond acceptors (Lipinski definition) is 13. The van der Waals surface area contributed by atoms with E-state index in [1.807, 2.05) is 5.43 Å². The van der Waals surface area contributed by atoms with E-state index < -0.39 is 53.9 Å². The molecule has 0 aliphatic rings. The number of methoxy groups -OCH3 is 2. The van der Waals surface area contributed by atoms with Gasteiger partial charge in [-0.15, -0.1) is 0 Å². The van der Waals surface area contributed by atoms with Gasteiger partial charge in [0.25, 0.3) is 11.8 Å². The van der Waals surface area contributed by atoms with Crippen molar-refractivity contribution in [3.05, 3.63) is 83.4 Å². The highest BCUT2D eigenvalue weighted by molar-refractivity contribution is 5.99. The van der Waals surface area contributed by atoms with Crippen LogP contribution in [0.2, 0.25) is 0 Å². The van der Waals surface area contributed by atoms with E-state index in [4.69, 9.17) is 28.4 Å². The summed E-state index contributed by atoms with van der Waals surface area (Å²) in [7, 11) is 2.44. The Morgan fingerprint density at radius 3 is 1.49 bits per heavy atom. The van der Waals surface area contributed by atoms with Gasteiger partial charge in [-0.1, -0.05) is 18.2 Å². The lowest BCUT2D eigenvalue weighted by molar-refractivity contribution is -0.159. The number of nitrogens with one attached hydrogen (secondary N) is 2. The van der Waals surface area contributed by atoms with E-state index in [0.29, 0.717) is 0 Å². The molecule has 3 rings (SSSR count). The highest BCUT2D eigenvalue weighted by atomic mass is 16.6. The predicted octanol–water partition coefficient (Wildman–Crippen LogP) is 1.85. The number of hydrogen-bond donors (Lipinski definition) is 3. The molecule has 0 aromatic heterocycles. The van der Waals surface area contributed by atoms with Gasteiger partial charge in [-0.3, -0.25) is 30.0 Å². The van der Waals surface area contributed by atoms with Crippen LogP contribution in [-0.4, -0.2) is 73.2 Å². The summed E-state index contributed by atoms with van der Waals surface area (Å²) in [5, 5.41) is 9.99. The van der Waals surface area contributed by atoms with E-state index in [-0.39, 0.29) is 39.7 Å². The third-order valence-electron chi connectivity index (χ3n) is 5.89. The summed E-state index contributed by atoms with van der Waals surface area (Å²) in [6.45, 7) is 2.28. The summed E-state index contributed by atoms with van der Waals surface area (Å²) < 4.78 is 30.5.